The van der Waals surface area contributed by atoms with Gasteiger partial charge in [-0.3, -0.25) is 0 Å². The van der Waals surface area contributed by atoms with Crippen LogP contribution in [0.1, 0.15) is 49.4 Å². The Morgan fingerprint density at radius 3 is 2.76 bits per heavy atom. The van der Waals surface area contributed by atoms with Crippen LogP contribution in [0.3, 0.4) is 0 Å². The fraction of sp³-hybridized carbons (Fsp3) is 0.538. The molecule has 1 aliphatic carbocycles. The van der Waals surface area contributed by atoms with Crippen LogP contribution in [0.25, 0.3) is 5.65 Å². The number of aryl methyl sites for hydroxylation is 1. The summed E-state index contributed by atoms with van der Waals surface area (Å²) in [5.74, 6) is 0.585. The Kier molecular flexibility index (Phi) is 2.79. The molecule has 0 amide bonds. The summed E-state index contributed by atoms with van der Waals surface area (Å²) in [5, 5.41) is 4.99. The summed E-state index contributed by atoms with van der Waals surface area (Å²) < 4.78 is 1.71. The van der Waals surface area contributed by atoms with Gasteiger partial charge in [0.2, 0.25) is 0 Å². The number of halogens is 1. The fourth-order valence-electron chi connectivity index (χ4n) is 2.68. The molecule has 2 aromatic heterocycles. The molecule has 0 bridgehead atoms. The van der Waals surface area contributed by atoms with Crippen molar-refractivity contribution in [1.82, 2.24) is 14.6 Å². The first-order valence-electron chi connectivity index (χ1n) is 6.27. The molecule has 1 fully saturated rings. The van der Waals surface area contributed by atoms with Crippen LogP contribution >= 0.6 is 11.6 Å². The van der Waals surface area contributed by atoms with E-state index in [9.17, 15) is 0 Å². The van der Waals surface area contributed by atoms with E-state index >= 15 is 0 Å². The molecule has 90 valence electrons. The molecule has 0 aromatic carbocycles. The van der Waals surface area contributed by atoms with E-state index in [0.29, 0.717) is 11.1 Å². The van der Waals surface area contributed by atoms with Crippen LogP contribution in [0.15, 0.2) is 12.1 Å². The second-order valence-corrected chi connectivity index (χ2v) is 5.28. The van der Waals surface area contributed by atoms with E-state index in [4.69, 9.17) is 16.6 Å². The summed E-state index contributed by atoms with van der Waals surface area (Å²) in [4.78, 5) is 4.70. The first-order valence-corrected chi connectivity index (χ1v) is 6.64. The van der Waals surface area contributed by atoms with Crippen molar-refractivity contribution in [2.75, 3.05) is 0 Å². The van der Waals surface area contributed by atoms with Gasteiger partial charge >= 0.3 is 0 Å². The standard InChI is InChI=1S/C13H16ClN3/c1-9-7-13-15-11(8-12(14)17(13)16-9)10-5-3-2-4-6-10/h7-8,10H,2-6H2,1H3. The largest absolute Gasteiger partial charge is 0.233 e. The molecular formula is C13H16ClN3. The van der Waals surface area contributed by atoms with Crippen molar-refractivity contribution in [2.45, 2.75) is 44.9 Å². The molecule has 0 aliphatic heterocycles. The summed E-state index contributed by atoms with van der Waals surface area (Å²) >= 11 is 6.26. The second-order valence-electron chi connectivity index (χ2n) is 4.89. The third kappa shape index (κ3) is 2.04. The van der Waals surface area contributed by atoms with Crippen LogP contribution in [-0.4, -0.2) is 14.6 Å². The zero-order valence-corrected chi connectivity index (χ0v) is 10.7. The van der Waals surface area contributed by atoms with Gasteiger partial charge in [0.05, 0.1) is 5.69 Å². The number of aromatic nitrogens is 3. The smallest absolute Gasteiger partial charge is 0.157 e. The number of fused-ring (bicyclic) bond motifs is 1. The highest BCUT2D eigenvalue weighted by atomic mass is 35.5. The molecule has 1 aliphatic rings. The van der Waals surface area contributed by atoms with Crippen LogP contribution in [-0.2, 0) is 0 Å². The molecular weight excluding hydrogens is 234 g/mol. The average Bonchev–Trinajstić information content (AvgIpc) is 2.71. The molecule has 17 heavy (non-hydrogen) atoms. The van der Waals surface area contributed by atoms with E-state index < -0.39 is 0 Å². The van der Waals surface area contributed by atoms with Gasteiger partial charge in [0, 0.05) is 17.7 Å². The van der Waals surface area contributed by atoms with Crippen LogP contribution in [0.5, 0.6) is 0 Å². The lowest BCUT2D eigenvalue weighted by Gasteiger charge is -2.21. The van der Waals surface area contributed by atoms with Gasteiger partial charge in [0.1, 0.15) is 5.15 Å². The van der Waals surface area contributed by atoms with Crippen molar-refractivity contribution in [3.8, 4) is 0 Å². The predicted octanol–water partition coefficient (Wildman–Crippen LogP) is 3.74. The Hall–Kier alpha value is -1.09. The molecule has 0 saturated heterocycles. The summed E-state index contributed by atoms with van der Waals surface area (Å²) in [7, 11) is 0. The van der Waals surface area contributed by atoms with Gasteiger partial charge in [-0.2, -0.15) is 5.10 Å². The summed E-state index contributed by atoms with van der Waals surface area (Å²) in [6, 6.07) is 3.97. The summed E-state index contributed by atoms with van der Waals surface area (Å²) in [5.41, 5.74) is 2.97. The fourth-order valence-corrected chi connectivity index (χ4v) is 2.91. The van der Waals surface area contributed by atoms with Gasteiger partial charge in [-0.15, -0.1) is 0 Å². The van der Waals surface area contributed by atoms with E-state index in [1.165, 1.54) is 32.1 Å². The van der Waals surface area contributed by atoms with Gasteiger partial charge in [-0.25, -0.2) is 9.50 Å². The molecule has 3 rings (SSSR count). The van der Waals surface area contributed by atoms with E-state index in [0.717, 1.165) is 17.0 Å². The van der Waals surface area contributed by atoms with Crippen LogP contribution in [0, 0.1) is 6.92 Å². The van der Waals surface area contributed by atoms with E-state index in [2.05, 4.69) is 5.10 Å². The molecule has 0 unspecified atom stereocenters. The summed E-state index contributed by atoms with van der Waals surface area (Å²) in [6.45, 7) is 1.96. The lowest BCUT2D eigenvalue weighted by Crippen LogP contribution is -2.08. The third-order valence-electron chi connectivity index (χ3n) is 3.55. The maximum atomic E-state index is 6.26. The van der Waals surface area contributed by atoms with Crippen molar-refractivity contribution < 1.29 is 0 Å². The molecule has 2 heterocycles. The van der Waals surface area contributed by atoms with Gasteiger partial charge < -0.3 is 0 Å². The Morgan fingerprint density at radius 1 is 1.24 bits per heavy atom. The van der Waals surface area contributed by atoms with E-state index in [-0.39, 0.29) is 0 Å². The van der Waals surface area contributed by atoms with E-state index in [1.54, 1.807) is 4.52 Å². The molecule has 3 nitrogen and oxygen atoms in total. The first kappa shape index (κ1) is 11.0. The monoisotopic (exact) mass is 249 g/mol. The summed E-state index contributed by atoms with van der Waals surface area (Å²) in [6.07, 6.45) is 6.47. The highest BCUT2D eigenvalue weighted by Crippen LogP contribution is 2.32. The lowest BCUT2D eigenvalue weighted by atomic mass is 9.87. The van der Waals surface area contributed by atoms with Crippen molar-refractivity contribution in [3.63, 3.8) is 0 Å². The number of nitrogens with zero attached hydrogens (tertiary/aromatic N) is 3. The number of hydrogen-bond donors (Lipinski definition) is 0. The maximum absolute atomic E-state index is 6.26. The lowest BCUT2D eigenvalue weighted by molar-refractivity contribution is 0.437. The molecule has 0 radical (unpaired) electrons. The van der Waals surface area contributed by atoms with Crippen molar-refractivity contribution in [1.29, 1.82) is 0 Å². The number of rotatable bonds is 1. The normalized spacial score (nSPS) is 17.8. The Morgan fingerprint density at radius 2 is 2.00 bits per heavy atom. The van der Waals surface area contributed by atoms with E-state index in [1.807, 2.05) is 19.1 Å². The van der Waals surface area contributed by atoms with Gasteiger partial charge in [-0.1, -0.05) is 30.9 Å². The minimum atomic E-state index is 0.585. The molecule has 1 saturated carbocycles. The molecule has 2 aromatic rings. The Balaban J connectivity index is 2.04. The highest BCUT2D eigenvalue weighted by molar-refractivity contribution is 6.29. The highest BCUT2D eigenvalue weighted by Gasteiger charge is 2.18. The quantitative estimate of drug-likeness (QED) is 0.721. The number of hydrogen-bond acceptors (Lipinski definition) is 2. The first-order chi connectivity index (χ1) is 8.24. The molecule has 0 atom stereocenters. The van der Waals surface area contributed by atoms with Crippen molar-refractivity contribution >= 4 is 17.2 Å². The average molecular weight is 250 g/mol. The Bertz CT molecular complexity index is 541. The van der Waals surface area contributed by atoms with Crippen molar-refractivity contribution in [2.24, 2.45) is 0 Å². The zero-order chi connectivity index (χ0) is 11.8. The molecule has 0 N–H and O–H groups in total. The van der Waals surface area contributed by atoms with Crippen LogP contribution < -0.4 is 0 Å². The maximum Gasteiger partial charge on any atom is 0.157 e. The second kappa shape index (κ2) is 4.30. The van der Waals surface area contributed by atoms with Gasteiger partial charge in [0.25, 0.3) is 0 Å². The molecule has 4 heteroatoms. The van der Waals surface area contributed by atoms with Crippen LogP contribution in [0.4, 0.5) is 0 Å². The SMILES string of the molecule is Cc1cc2nc(C3CCCCC3)cc(Cl)n2n1. The minimum absolute atomic E-state index is 0.585. The zero-order valence-electron chi connectivity index (χ0n) is 9.99. The predicted molar refractivity (Wildman–Crippen MR) is 68.6 cm³/mol. The third-order valence-corrected chi connectivity index (χ3v) is 3.82. The van der Waals surface area contributed by atoms with Crippen LogP contribution in [0.2, 0.25) is 5.15 Å². The van der Waals surface area contributed by atoms with Gasteiger partial charge in [-0.05, 0) is 25.8 Å². The topological polar surface area (TPSA) is 30.2 Å². The molecule has 0 spiro atoms. The minimum Gasteiger partial charge on any atom is -0.233 e. The van der Waals surface area contributed by atoms with Gasteiger partial charge in [0.15, 0.2) is 5.65 Å². The Labute approximate surface area is 106 Å². The van der Waals surface area contributed by atoms with Crippen molar-refractivity contribution in [3.05, 3.63) is 28.7 Å².